The Balaban J connectivity index is 3.46. The van der Waals surface area contributed by atoms with Crippen LogP contribution >= 0.6 is 0 Å². The van der Waals surface area contributed by atoms with Crippen molar-refractivity contribution < 1.29 is 0 Å². The van der Waals surface area contributed by atoms with Crippen molar-refractivity contribution in [1.82, 2.24) is 14.7 Å². The summed E-state index contributed by atoms with van der Waals surface area (Å²) < 4.78 is 0. The van der Waals surface area contributed by atoms with Crippen LogP contribution in [-0.2, 0) is 0 Å². The normalized spacial score (nSPS) is 12.0. The Labute approximate surface area is 96.0 Å². The molecule has 3 nitrogen and oxygen atoms in total. The molecule has 0 unspecified atom stereocenters. The zero-order valence-electron chi connectivity index (χ0n) is 11.0. The van der Waals surface area contributed by atoms with Gasteiger partial charge < -0.3 is 14.7 Å². The average molecular weight is 214 g/mol. The van der Waals surface area contributed by atoms with Gasteiger partial charge in [-0.2, -0.15) is 0 Å². The smallest absolute Gasteiger partial charge is 0.000654 e. The van der Waals surface area contributed by atoms with Crippen molar-refractivity contribution in [2.45, 2.75) is 12.8 Å². The average Bonchev–Trinajstić information content (AvgIpc) is 2.14. The Morgan fingerprint density at radius 2 is 1.13 bits per heavy atom. The fourth-order valence-corrected chi connectivity index (χ4v) is 1.56. The largest absolute Gasteiger partial charge is 0.309 e. The van der Waals surface area contributed by atoms with Crippen LogP contribution < -0.4 is 0 Å². The van der Waals surface area contributed by atoms with Gasteiger partial charge in [-0.15, -0.1) is 0 Å². The van der Waals surface area contributed by atoms with E-state index < -0.39 is 0 Å². The van der Waals surface area contributed by atoms with E-state index in [4.69, 9.17) is 0 Å². The predicted octanol–water partition coefficient (Wildman–Crippen LogP) is 1.03. The zero-order valence-corrected chi connectivity index (χ0v) is 11.0. The van der Waals surface area contributed by atoms with E-state index in [1.165, 1.54) is 39.0 Å². The van der Waals surface area contributed by atoms with Crippen LogP contribution in [0, 0.1) is 6.92 Å². The third-order valence-electron chi connectivity index (χ3n) is 2.48. The van der Waals surface area contributed by atoms with Crippen molar-refractivity contribution in [3.8, 4) is 0 Å². The molecule has 0 aliphatic rings. The van der Waals surface area contributed by atoms with Crippen molar-refractivity contribution in [1.29, 1.82) is 0 Å². The standard InChI is InChI=1S/C12H28N3/c1-6-15(11-7-9-13(2)3)12-8-10-14(4)5/h1,6-12H2,2-5H3. The molecular weight excluding hydrogens is 186 g/mol. The van der Waals surface area contributed by atoms with Crippen molar-refractivity contribution in [2.75, 3.05) is 60.9 Å². The fourth-order valence-electron chi connectivity index (χ4n) is 1.56. The molecule has 0 atom stereocenters. The first-order chi connectivity index (χ1) is 7.06. The van der Waals surface area contributed by atoms with Crippen LogP contribution in [0.2, 0.25) is 0 Å². The molecule has 0 aliphatic heterocycles. The first kappa shape index (κ1) is 14.9. The molecule has 0 saturated carbocycles. The SMILES string of the molecule is [CH2]CN(CCCN(C)C)CCCN(C)C. The lowest BCUT2D eigenvalue weighted by Gasteiger charge is -2.22. The predicted molar refractivity (Wildman–Crippen MR) is 68.1 cm³/mol. The molecule has 0 spiro atoms. The molecule has 0 aromatic heterocycles. The molecular formula is C12H28N3. The molecule has 0 aromatic rings. The van der Waals surface area contributed by atoms with Crippen LogP contribution in [0.25, 0.3) is 0 Å². The first-order valence-corrected chi connectivity index (χ1v) is 5.87. The third-order valence-corrected chi connectivity index (χ3v) is 2.48. The van der Waals surface area contributed by atoms with Crippen molar-refractivity contribution >= 4 is 0 Å². The molecule has 0 aromatic carbocycles. The van der Waals surface area contributed by atoms with Gasteiger partial charge in [-0.3, -0.25) is 0 Å². The van der Waals surface area contributed by atoms with E-state index in [2.05, 4.69) is 49.8 Å². The molecule has 1 radical (unpaired) electrons. The van der Waals surface area contributed by atoms with E-state index in [0.717, 1.165) is 6.54 Å². The van der Waals surface area contributed by atoms with Crippen LogP contribution in [0.1, 0.15) is 12.8 Å². The molecule has 0 aliphatic carbocycles. The second-order valence-electron chi connectivity index (χ2n) is 4.66. The molecule has 0 amide bonds. The maximum atomic E-state index is 3.98. The minimum Gasteiger partial charge on any atom is -0.309 e. The molecule has 3 heteroatoms. The zero-order chi connectivity index (χ0) is 11.7. The van der Waals surface area contributed by atoms with E-state index in [0.29, 0.717) is 0 Å². The second-order valence-corrected chi connectivity index (χ2v) is 4.66. The van der Waals surface area contributed by atoms with Gasteiger partial charge >= 0.3 is 0 Å². The van der Waals surface area contributed by atoms with Gasteiger partial charge in [0.2, 0.25) is 0 Å². The van der Waals surface area contributed by atoms with E-state index in [9.17, 15) is 0 Å². The molecule has 0 heterocycles. The Morgan fingerprint density at radius 3 is 1.40 bits per heavy atom. The minimum absolute atomic E-state index is 0.931. The lowest BCUT2D eigenvalue weighted by atomic mass is 10.3. The quantitative estimate of drug-likeness (QED) is 0.567. The molecule has 0 fully saturated rings. The summed E-state index contributed by atoms with van der Waals surface area (Å²) in [5, 5.41) is 0. The Bertz CT molecular complexity index is 121. The molecule has 15 heavy (non-hydrogen) atoms. The van der Waals surface area contributed by atoms with Crippen LogP contribution in [0.5, 0.6) is 0 Å². The molecule has 91 valence electrons. The highest BCUT2D eigenvalue weighted by Crippen LogP contribution is 1.95. The number of hydrogen-bond donors (Lipinski definition) is 0. The van der Waals surface area contributed by atoms with Crippen molar-refractivity contribution in [3.05, 3.63) is 6.92 Å². The van der Waals surface area contributed by atoms with Gasteiger partial charge in [0.1, 0.15) is 0 Å². The summed E-state index contributed by atoms with van der Waals surface area (Å²) in [5.41, 5.74) is 0. The second kappa shape index (κ2) is 9.13. The summed E-state index contributed by atoms with van der Waals surface area (Å²) in [4.78, 5) is 6.91. The summed E-state index contributed by atoms with van der Waals surface area (Å²) in [7, 11) is 8.50. The van der Waals surface area contributed by atoms with Gasteiger partial charge in [0.15, 0.2) is 0 Å². The summed E-state index contributed by atoms with van der Waals surface area (Å²) in [5.74, 6) is 0. The number of rotatable bonds is 9. The number of hydrogen-bond acceptors (Lipinski definition) is 3. The molecule has 0 bridgehead atoms. The van der Waals surface area contributed by atoms with Crippen LogP contribution in [0.4, 0.5) is 0 Å². The fraction of sp³-hybridized carbons (Fsp3) is 0.917. The van der Waals surface area contributed by atoms with Gasteiger partial charge in [-0.25, -0.2) is 0 Å². The third kappa shape index (κ3) is 10.2. The summed E-state index contributed by atoms with van der Waals surface area (Å²) >= 11 is 0. The molecule has 0 rings (SSSR count). The van der Waals surface area contributed by atoms with Gasteiger partial charge in [-0.1, -0.05) is 0 Å². The van der Waals surface area contributed by atoms with E-state index in [1.807, 2.05) is 0 Å². The first-order valence-electron chi connectivity index (χ1n) is 5.87. The Hall–Kier alpha value is -0.120. The topological polar surface area (TPSA) is 9.72 Å². The highest BCUT2D eigenvalue weighted by atomic mass is 15.1. The number of nitrogens with zero attached hydrogens (tertiary/aromatic N) is 3. The van der Waals surface area contributed by atoms with Gasteiger partial charge in [0, 0.05) is 0 Å². The Morgan fingerprint density at radius 1 is 0.733 bits per heavy atom. The maximum absolute atomic E-state index is 3.98. The van der Waals surface area contributed by atoms with Crippen LogP contribution in [0.3, 0.4) is 0 Å². The molecule has 0 saturated heterocycles. The molecule has 0 N–H and O–H groups in total. The summed E-state index contributed by atoms with van der Waals surface area (Å²) in [6, 6.07) is 0. The van der Waals surface area contributed by atoms with E-state index in [-0.39, 0.29) is 0 Å². The van der Waals surface area contributed by atoms with Gasteiger partial charge in [0.25, 0.3) is 0 Å². The van der Waals surface area contributed by atoms with Gasteiger partial charge in [0.05, 0.1) is 0 Å². The minimum atomic E-state index is 0.931. The highest BCUT2D eigenvalue weighted by Gasteiger charge is 2.02. The highest BCUT2D eigenvalue weighted by molar-refractivity contribution is 4.61. The lowest BCUT2D eigenvalue weighted by molar-refractivity contribution is 0.259. The maximum Gasteiger partial charge on any atom is -0.000654 e. The van der Waals surface area contributed by atoms with E-state index >= 15 is 0 Å². The van der Waals surface area contributed by atoms with Gasteiger partial charge in [-0.05, 0) is 80.7 Å². The monoisotopic (exact) mass is 214 g/mol. The van der Waals surface area contributed by atoms with Crippen LogP contribution in [0.15, 0.2) is 0 Å². The summed E-state index contributed by atoms with van der Waals surface area (Å²) in [6.45, 7) is 9.60. The van der Waals surface area contributed by atoms with E-state index in [1.54, 1.807) is 0 Å². The van der Waals surface area contributed by atoms with Crippen molar-refractivity contribution in [2.24, 2.45) is 0 Å². The summed E-state index contributed by atoms with van der Waals surface area (Å²) in [6.07, 6.45) is 2.48. The van der Waals surface area contributed by atoms with Crippen molar-refractivity contribution in [3.63, 3.8) is 0 Å². The van der Waals surface area contributed by atoms with Crippen LogP contribution in [-0.4, -0.2) is 75.6 Å². The Kier molecular flexibility index (Phi) is 9.06. The lowest BCUT2D eigenvalue weighted by Crippen LogP contribution is -2.30.